The molecule has 0 aliphatic carbocycles. The highest BCUT2D eigenvalue weighted by Gasteiger charge is 2.07. The summed E-state index contributed by atoms with van der Waals surface area (Å²) in [6, 6.07) is 15.4. The first-order valence-corrected chi connectivity index (χ1v) is 8.56. The predicted octanol–water partition coefficient (Wildman–Crippen LogP) is 4.01. The number of hydrogen-bond acceptors (Lipinski definition) is 4. The fourth-order valence-corrected chi connectivity index (χ4v) is 2.33. The number of hydrazone groups is 1. The number of benzene rings is 2. The van der Waals surface area contributed by atoms with Gasteiger partial charge in [0.1, 0.15) is 0 Å². The van der Waals surface area contributed by atoms with Crippen molar-refractivity contribution in [2.24, 2.45) is 5.10 Å². The molecule has 0 aromatic heterocycles. The molecule has 0 heterocycles. The highest BCUT2D eigenvalue weighted by molar-refractivity contribution is 5.94. The molecule has 0 saturated carbocycles. The summed E-state index contributed by atoms with van der Waals surface area (Å²) in [5.41, 5.74) is 5.20. The number of rotatable bonds is 8. The number of nitrogens with zero attached hydrogens (tertiary/aromatic N) is 1. The number of carbonyl (C=O) groups is 1. The average Bonchev–Trinajstić information content (AvgIpc) is 2.70. The van der Waals surface area contributed by atoms with Crippen molar-refractivity contribution in [3.05, 3.63) is 77.9 Å². The Kier molecular flexibility index (Phi) is 7.85. The number of carbonyl (C=O) groups excluding carboxylic acids is 1. The van der Waals surface area contributed by atoms with Gasteiger partial charge in [0.2, 0.25) is 5.91 Å². The van der Waals surface area contributed by atoms with Gasteiger partial charge < -0.3 is 9.47 Å². The summed E-state index contributed by atoms with van der Waals surface area (Å²) in [7, 11) is 3.14. The molecule has 5 nitrogen and oxygen atoms in total. The average molecular weight is 364 g/mol. The summed E-state index contributed by atoms with van der Waals surface area (Å²) in [6.07, 6.45) is 7.84. The number of hydrogen-bond donors (Lipinski definition) is 1. The van der Waals surface area contributed by atoms with Gasteiger partial charge in [-0.25, -0.2) is 5.43 Å². The van der Waals surface area contributed by atoms with Crippen LogP contribution in [0, 0.1) is 0 Å². The summed E-state index contributed by atoms with van der Waals surface area (Å²) in [5.74, 6) is 1.02. The number of allylic oxidation sites excluding steroid dienone is 3. The molecule has 2 rings (SSSR count). The van der Waals surface area contributed by atoms with Gasteiger partial charge in [-0.3, -0.25) is 4.79 Å². The molecular weight excluding hydrogens is 340 g/mol. The summed E-state index contributed by atoms with van der Waals surface area (Å²) in [5, 5.41) is 4.08. The van der Waals surface area contributed by atoms with Gasteiger partial charge in [0.25, 0.3) is 0 Å². The normalized spacial score (nSPS) is 11.7. The standard InChI is InChI=1S/C22H24N2O3/c1-17(9-7-8-12-18-10-5-4-6-11-18)23-24-22(25)16-19-13-14-20(26-2)21(15-19)27-3/h4-15H,16H2,1-3H3,(H,24,25)/b9-7+,12-8+,23-17+. The van der Waals surface area contributed by atoms with Crippen LogP contribution < -0.4 is 14.9 Å². The SMILES string of the molecule is COc1ccc(CC(=O)N/N=C(C)/C=C/C=C/c2ccccc2)cc1OC. The van der Waals surface area contributed by atoms with E-state index in [1.165, 1.54) is 0 Å². The minimum Gasteiger partial charge on any atom is -0.493 e. The Morgan fingerprint density at radius 1 is 1.04 bits per heavy atom. The number of amides is 1. The second-order valence-electron chi connectivity index (χ2n) is 5.78. The molecule has 0 fully saturated rings. The van der Waals surface area contributed by atoms with Gasteiger partial charge in [0.15, 0.2) is 11.5 Å². The van der Waals surface area contributed by atoms with Crippen LogP contribution in [-0.4, -0.2) is 25.8 Å². The quantitative estimate of drug-likeness (QED) is 0.437. The summed E-state index contributed by atoms with van der Waals surface area (Å²) in [4.78, 5) is 12.1. The largest absolute Gasteiger partial charge is 0.493 e. The predicted molar refractivity (Wildman–Crippen MR) is 109 cm³/mol. The van der Waals surface area contributed by atoms with Crippen molar-refractivity contribution in [3.8, 4) is 11.5 Å². The fraction of sp³-hybridized carbons (Fsp3) is 0.182. The van der Waals surface area contributed by atoms with E-state index in [-0.39, 0.29) is 12.3 Å². The van der Waals surface area contributed by atoms with Crippen LogP contribution in [0.1, 0.15) is 18.1 Å². The van der Waals surface area contributed by atoms with Gasteiger partial charge in [-0.2, -0.15) is 5.10 Å². The smallest absolute Gasteiger partial charge is 0.244 e. The van der Waals surface area contributed by atoms with Gasteiger partial charge in [0.05, 0.1) is 26.4 Å². The molecule has 2 aromatic carbocycles. The Bertz CT molecular complexity index is 840. The lowest BCUT2D eigenvalue weighted by atomic mass is 10.1. The lowest BCUT2D eigenvalue weighted by Crippen LogP contribution is -2.20. The van der Waals surface area contributed by atoms with Gasteiger partial charge in [-0.1, -0.05) is 54.6 Å². The Labute approximate surface area is 160 Å². The van der Waals surface area contributed by atoms with Crippen molar-refractivity contribution < 1.29 is 14.3 Å². The first-order chi connectivity index (χ1) is 13.1. The minimum absolute atomic E-state index is 0.199. The Morgan fingerprint density at radius 2 is 1.78 bits per heavy atom. The van der Waals surface area contributed by atoms with E-state index in [0.29, 0.717) is 17.2 Å². The van der Waals surface area contributed by atoms with E-state index < -0.39 is 0 Å². The van der Waals surface area contributed by atoms with Crippen molar-refractivity contribution >= 4 is 17.7 Å². The maximum Gasteiger partial charge on any atom is 0.244 e. The van der Waals surface area contributed by atoms with Gasteiger partial charge in [-0.05, 0) is 36.3 Å². The summed E-state index contributed by atoms with van der Waals surface area (Å²) >= 11 is 0. The zero-order valence-corrected chi connectivity index (χ0v) is 15.8. The molecule has 2 aromatic rings. The topological polar surface area (TPSA) is 59.9 Å². The van der Waals surface area contributed by atoms with Crippen LogP contribution in [-0.2, 0) is 11.2 Å². The zero-order chi connectivity index (χ0) is 19.5. The van der Waals surface area contributed by atoms with Crippen LogP contribution in [0.3, 0.4) is 0 Å². The van der Waals surface area contributed by atoms with Crippen molar-refractivity contribution in [1.82, 2.24) is 5.43 Å². The molecule has 1 N–H and O–H groups in total. The van der Waals surface area contributed by atoms with E-state index in [2.05, 4.69) is 10.5 Å². The van der Waals surface area contributed by atoms with Crippen LogP contribution in [0.2, 0.25) is 0 Å². The van der Waals surface area contributed by atoms with Crippen LogP contribution in [0.15, 0.2) is 71.9 Å². The van der Waals surface area contributed by atoms with Crippen molar-refractivity contribution in [3.63, 3.8) is 0 Å². The van der Waals surface area contributed by atoms with Gasteiger partial charge in [0, 0.05) is 0 Å². The maximum absolute atomic E-state index is 12.1. The van der Waals surface area contributed by atoms with Crippen LogP contribution >= 0.6 is 0 Å². The molecule has 0 radical (unpaired) electrons. The number of methoxy groups -OCH3 is 2. The van der Waals surface area contributed by atoms with E-state index in [0.717, 1.165) is 11.1 Å². The summed E-state index contributed by atoms with van der Waals surface area (Å²) in [6.45, 7) is 1.82. The molecule has 5 heteroatoms. The first-order valence-electron chi connectivity index (χ1n) is 8.56. The van der Waals surface area contributed by atoms with Crippen LogP contribution in [0.25, 0.3) is 6.08 Å². The summed E-state index contributed by atoms with van der Waals surface area (Å²) < 4.78 is 10.4. The maximum atomic E-state index is 12.1. The third-order valence-electron chi connectivity index (χ3n) is 3.71. The van der Waals surface area contributed by atoms with E-state index in [9.17, 15) is 4.79 Å². The van der Waals surface area contributed by atoms with Crippen molar-refractivity contribution in [1.29, 1.82) is 0 Å². The Balaban J connectivity index is 1.86. The Morgan fingerprint density at radius 3 is 2.48 bits per heavy atom. The van der Waals surface area contributed by atoms with Crippen molar-refractivity contribution in [2.75, 3.05) is 14.2 Å². The van der Waals surface area contributed by atoms with Gasteiger partial charge >= 0.3 is 0 Å². The molecule has 0 aliphatic rings. The molecule has 27 heavy (non-hydrogen) atoms. The molecule has 0 aliphatic heterocycles. The first kappa shape index (κ1) is 20.0. The molecule has 0 unspecified atom stereocenters. The van der Waals surface area contributed by atoms with Crippen LogP contribution in [0.5, 0.6) is 11.5 Å². The van der Waals surface area contributed by atoms with Gasteiger partial charge in [-0.15, -0.1) is 0 Å². The molecule has 0 saturated heterocycles. The molecule has 0 spiro atoms. The molecule has 1 amide bonds. The number of ether oxygens (including phenoxy) is 2. The number of nitrogens with one attached hydrogen (secondary N) is 1. The van der Waals surface area contributed by atoms with E-state index in [4.69, 9.17) is 9.47 Å². The monoisotopic (exact) mass is 364 g/mol. The molecule has 140 valence electrons. The highest BCUT2D eigenvalue weighted by atomic mass is 16.5. The van der Waals surface area contributed by atoms with Crippen molar-refractivity contribution in [2.45, 2.75) is 13.3 Å². The third kappa shape index (κ3) is 6.82. The lowest BCUT2D eigenvalue weighted by molar-refractivity contribution is -0.120. The zero-order valence-electron chi connectivity index (χ0n) is 15.8. The minimum atomic E-state index is -0.199. The lowest BCUT2D eigenvalue weighted by Gasteiger charge is -2.09. The van der Waals surface area contributed by atoms with Crippen LogP contribution in [0.4, 0.5) is 0 Å². The second-order valence-corrected chi connectivity index (χ2v) is 5.78. The highest BCUT2D eigenvalue weighted by Crippen LogP contribution is 2.27. The second kappa shape index (κ2) is 10.6. The van der Waals surface area contributed by atoms with E-state index in [1.807, 2.05) is 67.6 Å². The Hall–Kier alpha value is -3.34. The van der Waals surface area contributed by atoms with E-state index in [1.54, 1.807) is 26.4 Å². The molecule has 0 bridgehead atoms. The fourth-order valence-electron chi connectivity index (χ4n) is 2.33. The molecular formula is C22H24N2O3. The molecule has 0 atom stereocenters. The van der Waals surface area contributed by atoms with E-state index >= 15 is 0 Å². The third-order valence-corrected chi connectivity index (χ3v) is 3.71.